The van der Waals surface area contributed by atoms with Crippen LogP contribution in [-0.2, 0) is 14.8 Å². The third-order valence-electron chi connectivity index (χ3n) is 5.61. The maximum absolute atomic E-state index is 13.0. The summed E-state index contributed by atoms with van der Waals surface area (Å²) in [5.41, 5.74) is 1.90. The Morgan fingerprint density at radius 3 is 2.56 bits per heavy atom. The number of hydrogen-bond donors (Lipinski definition) is 3. The van der Waals surface area contributed by atoms with Gasteiger partial charge in [0.15, 0.2) is 0 Å². The van der Waals surface area contributed by atoms with Crippen LogP contribution in [0.2, 0.25) is 0 Å². The van der Waals surface area contributed by atoms with Gasteiger partial charge in [0.05, 0.1) is 4.90 Å². The van der Waals surface area contributed by atoms with E-state index in [1.165, 1.54) is 30.3 Å². The molecule has 1 aliphatic heterocycles. The maximum Gasteiger partial charge on any atom is 0.251 e. The van der Waals surface area contributed by atoms with Crippen LogP contribution in [0.25, 0.3) is 0 Å². The molecule has 1 aliphatic rings. The Labute approximate surface area is 201 Å². The third kappa shape index (κ3) is 6.68. The average Bonchev–Trinajstić information content (AvgIpc) is 3.38. The van der Waals surface area contributed by atoms with Gasteiger partial charge in [-0.05, 0) is 55.7 Å². The molecule has 1 heterocycles. The van der Waals surface area contributed by atoms with Crippen molar-refractivity contribution in [1.82, 2.24) is 10.0 Å². The highest BCUT2D eigenvalue weighted by atomic mass is 32.2. The largest absolute Gasteiger partial charge is 0.371 e. The Bertz CT molecular complexity index is 1130. The van der Waals surface area contributed by atoms with E-state index in [4.69, 9.17) is 0 Å². The number of carbonyl (C=O) groups is 2. The molecule has 3 rings (SSSR count). The number of nitrogens with zero attached hydrogens (tertiary/aromatic N) is 1. The second-order valence-electron chi connectivity index (χ2n) is 8.22. The summed E-state index contributed by atoms with van der Waals surface area (Å²) < 4.78 is 27.1. The van der Waals surface area contributed by atoms with Crippen LogP contribution in [0.1, 0.15) is 43.0 Å². The molecule has 8 nitrogen and oxygen atoms in total. The maximum atomic E-state index is 13.0. The minimum absolute atomic E-state index is 0.0304. The molecule has 3 N–H and O–H groups in total. The molecule has 2 amide bonds. The third-order valence-corrected chi connectivity index (χ3v) is 7.03. The fraction of sp³-hybridized carbons (Fsp3) is 0.360. The lowest BCUT2D eigenvalue weighted by Crippen LogP contribution is -2.43. The Hall–Kier alpha value is -3.17. The van der Waals surface area contributed by atoms with Crippen LogP contribution in [0.3, 0.4) is 0 Å². The quantitative estimate of drug-likeness (QED) is 0.424. The Balaban J connectivity index is 1.70. The van der Waals surface area contributed by atoms with Crippen LogP contribution in [0.4, 0.5) is 11.4 Å². The van der Waals surface area contributed by atoms with Gasteiger partial charge in [0.25, 0.3) is 5.91 Å². The second-order valence-corrected chi connectivity index (χ2v) is 9.98. The zero-order valence-corrected chi connectivity index (χ0v) is 20.2. The summed E-state index contributed by atoms with van der Waals surface area (Å²) in [4.78, 5) is 28.1. The van der Waals surface area contributed by atoms with Gasteiger partial charge in [0.1, 0.15) is 6.04 Å². The Morgan fingerprint density at radius 1 is 1.12 bits per heavy atom. The van der Waals surface area contributed by atoms with Crippen LogP contribution in [0.15, 0.2) is 66.1 Å². The Kier molecular flexibility index (Phi) is 8.84. The smallest absolute Gasteiger partial charge is 0.251 e. The van der Waals surface area contributed by atoms with Crippen LogP contribution in [-0.4, -0.2) is 45.9 Å². The molecule has 34 heavy (non-hydrogen) atoms. The summed E-state index contributed by atoms with van der Waals surface area (Å²) in [6.45, 7) is 7.51. The highest BCUT2D eigenvalue weighted by Gasteiger charge is 2.22. The monoisotopic (exact) mass is 484 g/mol. The molecule has 0 radical (unpaired) electrons. The number of anilines is 2. The molecule has 0 aliphatic carbocycles. The van der Waals surface area contributed by atoms with E-state index in [-0.39, 0.29) is 22.9 Å². The summed E-state index contributed by atoms with van der Waals surface area (Å²) in [5, 5.41) is 5.66. The van der Waals surface area contributed by atoms with E-state index < -0.39 is 22.0 Å². The molecule has 9 heteroatoms. The lowest BCUT2D eigenvalue weighted by molar-refractivity contribution is -0.118. The van der Waals surface area contributed by atoms with Crippen LogP contribution < -0.4 is 20.3 Å². The molecule has 2 aromatic rings. The van der Waals surface area contributed by atoms with Gasteiger partial charge in [-0.1, -0.05) is 31.6 Å². The van der Waals surface area contributed by atoms with Gasteiger partial charge in [-0.15, -0.1) is 6.58 Å². The molecular weight excluding hydrogens is 452 g/mol. The summed E-state index contributed by atoms with van der Waals surface area (Å²) in [6.07, 6.45) is 4.89. The molecule has 1 fully saturated rings. The van der Waals surface area contributed by atoms with Crippen LogP contribution in [0.5, 0.6) is 0 Å². The summed E-state index contributed by atoms with van der Waals surface area (Å²) in [5.74, 6) is -0.828. The fourth-order valence-electron chi connectivity index (χ4n) is 3.84. The number of sulfonamides is 1. The number of rotatable bonds is 11. The molecule has 1 atom stereocenters. The molecule has 2 aromatic carbocycles. The van der Waals surface area contributed by atoms with Crippen molar-refractivity contribution in [2.75, 3.05) is 29.9 Å². The summed E-state index contributed by atoms with van der Waals surface area (Å²) in [6, 6.07) is 12.7. The van der Waals surface area contributed by atoms with Gasteiger partial charge in [-0.25, -0.2) is 13.1 Å². The highest BCUT2D eigenvalue weighted by molar-refractivity contribution is 7.89. The predicted octanol–water partition coefficient (Wildman–Crippen LogP) is 3.29. The second kappa shape index (κ2) is 11.8. The first kappa shape index (κ1) is 25.5. The molecule has 0 saturated carbocycles. The van der Waals surface area contributed by atoms with Crippen LogP contribution in [0, 0.1) is 0 Å². The number of benzene rings is 2. The van der Waals surface area contributed by atoms with Gasteiger partial charge in [-0.3, -0.25) is 9.59 Å². The van der Waals surface area contributed by atoms with Crippen molar-refractivity contribution >= 4 is 33.2 Å². The molecule has 0 aromatic heterocycles. The molecule has 1 unspecified atom stereocenters. The molecular formula is C25H32N4O4S. The van der Waals surface area contributed by atoms with E-state index in [2.05, 4.69) is 26.8 Å². The van der Waals surface area contributed by atoms with Crippen LogP contribution >= 0.6 is 0 Å². The topological polar surface area (TPSA) is 108 Å². The van der Waals surface area contributed by atoms with E-state index in [1.54, 1.807) is 0 Å². The first-order chi connectivity index (χ1) is 16.3. The molecule has 0 spiro atoms. The van der Waals surface area contributed by atoms with E-state index in [1.807, 2.05) is 31.2 Å². The van der Waals surface area contributed by atoms with Crippen molar-refractivity contribution in [3.63, 3.8) is 0 Å². The van der Waals surface area contributed by atoms with Crippen molar-refractivity contribution in [3.8, 4) is 0 Å². The van der Waals surface area contributed by atoms with E-state index >= 15 is 0 Å². The lowest BCUT2D eigenvalue weighted by Gasteiger charge is -2.20. The summed E-state index contributed by atoms with van der Waals surface area (Å²) in [7, 11) is -3.77. The molecule has 182 valence electrons. The normalized spacial score (nSPS) is 14.4. The predicted molar refractivity (Wildman–Crippen MR) is 135 cm³/mol. The van der Waals surface area contributed by atoms with Crippen molar-refractivity contribution in [2.24, 2.45) is 0 Å². The first-order valence-corrected chi connectivity index (χ1v) is 13.0. The van der Waals surface area contributed by atoms with E-state index in [9.17, 15) is 18.0 Å². The van der Waals surface area contributed by atoms with Gasteiger partial charge >= 0.3 is 0 Å². The zero-order chi connectivity index (χ0) is 24.6. The number of carbonyl (C=O) groups excluding carboxylic acids is 2. The van der Waals surface area contributed by atoms with Gasteiger partial charge in [0, 0.05) is 36.6 Å². The zero-order valence-electron chi connectivity index (χ0n) is 19.4. The minimum Gasteiger partial charge on any atom is -0.371 e. The number of amides is 2. The van der Waals surface area contributed by atoms with E-state index in [0.717, 1.165) is 31.6 Å². The van der Waals surface area contributed by atoms with Gasteiger partial charge in [-0.2, -0.15) is 0 Å². The highest BCUT2D eigenvalue weighted by Crippen LogP contribution is 2.23. The Morgan fingerprint density at radius 2 is 1.85 bits per heavy atom. The van der Waals surface area contributed by atoms with Crippen molar-refractivity contribution in [1.29, 1.82) is 0 Å². The standard InChI is InChI=1S/C25H32N4O4S/c1-3-9-23(25(31)27-20-11-8-12-21(18-20)29-15-5-6-16-29)28-24(30)19-10-7-13-22(17-19)34(32,33)26-14-4-2/h4,7-8,10-13,17-18,23,26H,2-3,5-6,9,14-16H2,1H3,(H,27,31)(H,28,30). The SMILES string of the molecule is C=CCNS(=O)(=O)c1cccc(C(=O)NC(CCC)C(=O)Nc2cccc(N3CCCC3)c2)c1. The number of hydrogen-bond acceptors (Lipinski definition) is 5. The first-order valence-electron chi connectivity index (χ1n) is 11.5. The van der Waals surface area contributed by atoms with E-state index in [0.29, 0.717) is 18.5 Å². The fourth-order valence-corrected chi connectivity index (χ4v) is 4.88. The number of nitrogens with one attached hydrogen (secondary N) is 3. The lowest BCUT2D eigenvalue weighted by atomic mass is 10.1. The van der Waals surface area contributed by atoms with Crippen molar-refractivity contribution < 1.29 is 18.0 Å². The molecule has 0 bridgehead atoms. The van der Waals surface area contributed by atoms with Gasteiger partial charge < -0.3 is 15.5 Å². The summed E-state index contributed by atoms with van der Waals surface area (Å²) >= 11 is 0. The van der Waals surface area contributed by atoms with Crippen molar-refractivity contribution in [3.05, 3.63) is 66.7 Å². The van der Waals surface area contributed by atoms with Gasteiger partial charge in [0.2, 0.25) is 15.9 Å². The van der Waals surface area contributed by atoms with Crippen molar-refractivity contribution in [2.45, 2.75) is 43.5 Å². The molecule has 1 saturated heterocycles. The average molecular weight is 485 g/mol. The minimum atomic E-state index is -3.77.